The van der Waals surface area contributed by atoms with E-state index in [1.54, 1.807) is 0 Å². The molecule has 1 N–H and O–H groups in total. The fraction of sp³-hybridized carbons (Fsp3) is 0.581. The highest BCUT2D eigenvalue weighted by Crippen LogP contribution is 2.31. The van der Waals surface area contributed by atoms with Crippen LogP contribution in [0.5, 0.6) is 0 Å². The highest BCUT2D eigenvalue weighted by atomic mass is 16.6. The lowest BCUT2D eigenvalue weighted by atomic mass is 9.64. The van der Waals surface area contributed by atoms with E-state index in [1.165, 1.54) is 18.6 Å². The molecular weight excluding hydrogens is 505 g/mol. The number of unbranched alkanes of at least 4 members (excludes halogenated alkanes) is 2. The number of carbonyl (C=O) groups excluding carboxylic acids is 3. The minimum atomic E-state index is -0.706. The van der Waals surface area contributed by atoms with Gasteiger partial charge in [0.1, 0.15) is 11.5 Å². The van der Waals surface area contributed by atoms with Crippen molar-refractivity contribution >= 4 is 24.6 Å². The molecule has 1 aromatic carbocycles. The first kappa shape index (κ1) is 31.6. The number of benzene rings is 1. The highest BCUT2D eigenvalue weighted by molar-refractivity contribution is 6.47. The summed E-state index contributed by atoms with van der Waals surface area (Å²) in [5.74, 6) is 0.427. The van der Waals surface area contributed by atoms with Crippen molar-refractivity contribution in [3.63, 3.8) is 0 Å². The maximum absolute atomic E-state index is 13.7. The number of nitrogens with zero attached hydrogens (tertiary/aromatic N) is 2. The quantitative estimate of drug-likeness (QED) is 0.212. The van der Waals surface area contributed by atoms with Gasteiger partial charge in [0, 0.05) is 56.6 Å². The molecule has 1 fully saturated rings. The molecule has 1 aliphatic heterocycles. The van der Waals surface area contributed by atoms with E-state index in [4.69, 9.17) is 9.31 Å². The van der Waals surface area contributed by atoms with Crippen LogP contribution in [0.1, 0.15) is 88.2 Å². The number of Topliss-reactive ketones (excluding diaryl/α,β-unsaturated/α-hetero) is 2. The van der Waals surface area contributed by atoms with Gasteiger partial charge in [-0.3, -0.25) is 19.4 Å². The van der Waals surface area contributed by atoms with E-state index in [2.05, 4.69) is 29.1 Å². The Kier molecular flexibility index (Phi) is 13.5. The van der Waals surface area contributed by atoms with Crippen LogP contribution in [0.3, 0.4) is 0 Å². The second-order valence-electron chi connectivity index (χ2n) is 11.3. The first-order chi connectivity index (χ1) is 19.4. The van der Waals surface area contributed by atoms with Gasteiger partial charge in [-0.15, -0.1) is 0 Å². The van der Waals surface area contributed by atoms with Crippen LogP contribution in [0.25, 0.3) is 0 Å². The zero-order valence-corrected chi connectivity index (χ0v) is 24.2. The van der Waals surface area contributed by atoms with Crippen molar-refractivity contribution in [1.29, 1.82) is 0 Å². The van der Waals surface area contributed by atoms with Crippen LogP contribution in [-0.2, 0) is 25.3 Å². The van der Waals surface area contributed by atoms with Crippen LogP contribution in [0, 0.1) is 11.8 Å². The number of ketones is 2. The summed E-state index contributed by atoms with van der Waals surface area (Å²) in [6.45, 7) is 7.39. The number of hydrogen-bond donors (Lipinski definition) is 1. The maximum Gasteiger partial charge on any atom is 0.460 e. The summed E-state index contributed by atoms with van der Waals surface area (Å²) in [7, 11) is -0.446. The van der Waals surface area contributed by atoms with Crippen LogP contribution in [0.2, 0.25) is 5.82 Å². The average molecular weight is 550 g/mol. The topological polar surface area (TPSA) is 107 Å². The highest BCUT2D eigenvalue weighted by Gasteiger charge is 2.38. The molecule has 1 saturated heterocycles. The third-order valence-corrected chi connectivity index (χ3v) is 7.35. The molecule has 216 valence electrons. The molecule has 1 amide bonds. The second-order valence-corrected chi connectivity index (χ2v) is 11.3. The summed E-state index contributed by atoms with van der Waals surface area (Å²) in [5.41, 5.74) is 1.14. The normalized spacial score (nSPS) is 15.6. The smallest absolute Gasteiger partial charge is 0.411 e. The Bertz CT molecular complexity index is 1050. The molecule has 8 nitrogen and oxygen atoms in total. The Balaban J connectivity index is 1.58. The van der Waals surface area contributed by atoms with E-state index >= 15 is 0 Å². The number of hydrogen-bond acceptors (Lipinski definition) is 7. The molecule has 0 spiro atoms. The zero-order chi connectivity index (χ0) is 28.7. The van der Waals surface area contributed by atoms with Crippen molar-refractivity contribution in [2.75, 3.05) is 13.2 Å². The van der Waals surface area contributed by atoms with Gasteiger partial charge in [0.2, 0.25) is 0 Å². The van der Waals surface area contributed by atoms with Gasteiger partial charge in [0.25, 0.3) is 5.91 Å². The number of nitrogens with one attached hydrogen (secondary N) is 1. The first-order valence-electron chi connectivity index (χ1n) is 14.7. The third kappa shape index (κ3) is 10.9. The van der Waals surface area contributed by atoms with Crippen molar-refractivity contribution in [2.24, 2.45) is 11.8 Å². The molecule has 3 rings (SSSR count). The maximum atomic E-state index is 13.7. The molecule has 2 heterocycles. The monoisotopic (exact) mass is 549 g/mol. The van der Waals surface area contributed by atoms with Crippen molar-refractivity contribution in [3.8, 4) is 0 Å². The summed E-state index contributed by atoms with van der Waals surface area (Å²) < 4.78 is 12.4. The molecule has 0 unspecified atom stereocenters. The van der Waals surface area contributed by atoms with Crippen LogP contribution in [-0.4, -0.2) is 53.8 Å². The van der Waals surface area contributed by atoms with Gasteiger partial charge in [-0.1, -0.05) is 63.9 Å². The fourth-order valence-corrected chi connectivity index (χ4v) is 5.15. The standard InChI is InChI=1S/C31H44BN3O5/c1-4-27(36)14-10-6-9-13-25-21-39-32(40-22-25)26(17-23(2)3)19-30(37)28(18-24-11-7-5-8-12-24)35-31(38)29-20-33-15-16-34-29/h5,7-8,11-12,15-16,20,23,25-26,28H,4,6,9-10,13-14,17-19,21-22H2,1-3H3,(H,35,38)/t26-,28+/m1/s1. The number of carbonyl (C=O) groups is 3. The van der Waals surface area contributed by atoms with Crippen LogP contribution < -0.4 is 5.32 Å². The predicted molar refractivity (Wildman–Crippen MR) is 156 cm³/mol. The lowest BCUT2D eigenvalue weighted by molar-refractivity contribution is -0.121. The average Bonchev–Trinajstić information content (AvgIpc) is 2.97. The lowest BCUT2D eigenvalue weighted by Crippen LogP contribution is -2.45. The Labute approximate surface area is 239 Å². The molecule has 0 saturated carbocycles. The fourth-order valence-electron chi connectivity index (χ4n) is 5.15. The van der Waals surface area contributed by atoms with Gasteiger partial charge in [0.15, 0.2) is 5.78 Å². The Morgan fingerprint density at radius 3 is 2.45 bits per heavy atom. The lowest BCUT2D eigenvalue weighted by Gasteiger charge is -2.32. The van der Waals surface area contributed by atoms with Crippen LogP contribution in [0.4, 0.5) is 0 Å². The SMILES string of the molecule is CCC(=O)CCCCCC1COB([C@@H](CC(=O)[C@H](Cc2ccccc2)NC(=O)c2cnccn2)CC(C)C)OC1. The summed E-state index contributed by atoms with van der Waals surface area (Å²) in [6, 6.07) is 8.98. The van der Waals surface area contributed by atoms with E-state index in [9.17, 15) is 14.4 Å². The van der Waals surface area contributed by atoms with Crippen LogP contribution in [0.15, 0.2) is 48.9 Å². The minimum absolute atomic E-state index is 0.0531. The van der Waals surface area contributed by atoms with E-state index < -0.39 is 19.1 Å². The van der Waals surface area contributed by atoms with Gasteiger partial charge in [0.05, 0.1) is 12.2 Å². The number of aromatic nitrogens is 2. The van der Waals surface area contributed by atoms with Gasteiger partial charge < -0.3 is 14.6 Å². The number of rotatable bonds is 17. The third-order valence-electron chi connectivity index (χ3n) is 7.35. The Morgan fingerprint density at radius 1 is 1.05 bits per heavy atom. The molecule has 0 bridgehead atoms. The zero-order valence-electron chi connectivity index (χ0n) is 24.2. The summed E-state index contributed by atoms with van der Waals surface area (Å²) >= 11 is 0. The van der Waals surface area contributed by atoms with E-state index in [-0.39, 0.29) is 23.7 Å². The van der Waals surface area contributed by atoms with Gasteiger partial charge in [-0.25, -0.2) is 4.98 Å². The molecule has 0 radical (unpaired) electrons. The van der Waals surface area contributed by atoms with Gasteiger partial charge in [-0.2, -0.15) is 0 Å². The van der Waals surface area contributed by atoms with Gasteiger partial charge >= 0.3 is 7.12 Å². The Hall–Kier alpha value is -2.91. The molecule has 9 heteroatoms. The summed E-state index contributed by atoms with van der Waals surface area (Å²) in [4.78, 5) is 46.1. The van der Waals surface area contributed by atoms with Crippen molar-refractivity contribution in [1.82, 2.24) is 15.3 Å². The van der Waals surface area contributed by atoms with Crippen molar-refractivity contribution in [3.05, 3.63) is 60.2 Å². The number of amides is 1. The summed E-state index contributed by atoms with van der Waals surface area (Å²) in [5, 5.41) is 2.90. The molecule has 40 heavy (non-hydrogen) atoms. The minimum Gasteiger partial charge on any atom is -0.411 e. The van der Waals surface area contributed by atoms with E-state index in [0.29, 0.717) is 50.1 Å². The molecule has 2 aromatic rings. The molecular formula is C31H44BN3O5. The van der Waals surface area contributed by atoms with Crippen molar-refractivity contribution < 1.29 is 23.7 Å². The van der Waals surface area contributed by atoms with Gasteiger partial charge in [-0.05, 0) is 37.2 Å². The molecule has 2 atom stereocenters. The largest absolute Gasteiger partial charge is 0.460 e. The molecule has 0 aliphatic carbocycles. The van der Waals surface area contributed by atoms with Crippen LogP contribution >= 0.6 is 0 Å². The van der Waals surface area contributed by atoms with E-state index in [0.717, 1.165) is 37.7 Å². The summed E-state index contributed by atoms with van der Waals surface area (Å²) in [6.07, 6.45) is 11.1. The van der Waals surface area contributed by atoms with E-state index in [1.807, 2.05) is 37.3 Å². The molecule has 1 aliphatic rings. The predicted octanol–water partition coefficient (Wildman–Crippen LogP) is 5.27. The van der Waals surface area contributed by atoms with Crippen molar-refractivity contribution in [2.45, 2.75) is 90.4 Å². The first-order valence-corrected chi connectivity index (χ1v) is 14.7. The molecule has 1 aromatic heterocycles. The Morgan fingerprint density at radius 2 is 1.80 bits per heavy atom. The second kappa shape index (κ2) is 17.0.